The first-order chi connectivity index (χ1) is 22.1. The van der Waals surface area contributed by atoms with Crippen LogP contribution in [0.1, 0.15) is 36.7 Å². The number of amides is 2. The van der Waals surface area contributed by atoms with Gasteiger partial charge in [0.1, 0.15) is 22.3 Å². The van der Waals surface area contributed by atoms with Crippen LogP contribution >= 0.6 is 11.3 Å². The van der Waals surface area contributed by atoms with Crippen LogP contribution in [0.15, 0.2) is 72.8 Å². The summed E-state index contributed by atoms with van der Waals surface area (Å²) in [7, 11) is 1.26. The number of halogens is 8. The third kappa shape index (κ3) is 6.90. The van der Waals surface area contributed by atoms with E-state index in [4.69, 9.17) is 10.5 Å². The van der Waals surface area contributed by atoms with Gasteiger partial charge in [0.15, 0.2) is 0 Å². The molecule has 0 bridgehead atoms. The summed E-state index contributed by atoms with van der Waals surface area (Å²) in [5.41, 5.74) is 3.06. The minimum atomic E-state index is -5.09. The molecule has 5 aromatic rings. The third-order valence-corrected chi connectivity index (χ3v) is 8.16. The number of rotatable bonds is 7. The van der Waals surface area contributed by atoms with E-state index in [2.05, 4.69) is 10.6 Å². The molecule has 0 saturated carbocycles. The number of nitrogens with two attached hydrogens (primary N) is 1. The van der Waals surface area contributed by atoms with Gasteiger partial charge >= 0.3 is 12.4 Å². The molecule has 5 rings (SSSR count). The SMILES string of the molecule is COc1ccc(-c2cc(CN)ccc2F)cc1C(=O)Nc1c(C(=O)Nc2ccc(F)c(C(F)(F)F)c2)sc2cc(C(F)(F)F)ccc12. The molecular formula is C32H21F8N3O3S. The molecule has 0 saturated heterocycles. The summed E-state index contributed by atoms with van der Waals surface area (Å²) in [5, 5.41) is 4.70. The number of benzene rings is 4. The molecule has 0 aliphatic rings. The summed E-state index contributed by atoms with van der Waals surface area (Å²) < 4.78 is 114. The van der Waals surface area contributed by atoms with Gasteiger partial charge in [0.25, 0.3) is 11.8 Å². The zero-order chi connectivity index (χ0) is 34.3. The Labute approximate surface area is 264 Å². The minimum Gasteiger partial charge on any atom is -0.496 e. The number of methoxy groups -OCH3 is 1. The molecule has 0 spiro atoms. The fourth-order valence-electron chi connectivity index (χ4n) is 4.72. The molecule has 0 radical (unpaired) electrons. The number of nitrogens with one attached hydrogen (secondary N) is 2. The molecule has 15 heteroatoms. The largest absolute Gasteiger partial charge is 0.496 e. The third-order valence-electron chi connectivity index (χ3n) is 7.01. The number of carbonyl (C=O) groups excluding carboxylic acids is 2. The maximum absolute atomic E-state index is 14.8. The fraction of sp³-hybridized carbons (Fsp3) is 0.125. The maximum atomic E-state index is 14.8. The second kappa shape index (κ2) is 12.6. The lowest BCUT2D eigenvalue weighted by atomic mass is 9.99. The van der Waals surface area contributed by atoms with Crippen LogP contribution in [0.4, 0.5) is 46.5 Å². The number of thiophene rings is 1. The number of hydrogen-bond acceptors (Lipinski definition) is 5. The maximum Gasteiger partial charge on any atom is 0.419 e. The van der Waals surface area contributed by atoms with Crippen molar-refractivity contribution in [2.75, 3.05) is 17.7 Å². The topological polar surface area (TPSA) is 93.4 Å². The van der Waals surface area contributed by atoms with Gasteiger partial charge in [-0.3, -0.25) is 9.59 Å². The predicted molar refractivity (Wildman–Crippen MR) is 160 cm³/mol. The highest BCUT2D eigenvalue weighted by Gasteiger charge is 2.35. The summed E-state index contributed by atoms with van der Waals surface area (Å²) in [5.74, 6) is -4.19. The zero-order valence-electron chi connectivity index (χ0n) is 23.9. The Hall–Kier alpha value is -5.02. The first-order valence-electron chi connectivity index (χ1n) is 13.4. The van der Waals surface area contributed by atoms with Crippen LogP contribution in [0, 0.1) is 11.6 Å². The summed E-state index contributed by atoms with van der Waals surface area (Å²) in [6, 6.07) is 12.6. The highest BCUT2D eigenvalue weighted by Crippen LogP contribution is 2.41. The molecule has 2 amide bonds. The number of alkyl halides is 6. The lowest BCUT2D eigenvalue weighted by Gasteiger charge is -2.14. The van der Waals surface area contributed by atoms with Crippen LogP contribution in [0.5, 0.6) is 5.75 Å². The monoisotopic (exact) mass is 679 g/mol. The Morgan fingerprint density at radius 3 is 2.19 bits per heavy atom. The second-order valence-corrected chi connectivity index (χ2v) is 11.1. The highest BCUT2D eigenvalue weighted by atomic mass is 32.1. The molecule has 4 aromatic carbocycles. The van der Waals surface area contributed by atoms with Crippen LogP contribution in [-0.2, 0) is 18.9 Å². The van der Waals surface area contributed by atoms with Gasteiger partial charge in [-0.15, -0.1) is 11.3 Å². The van der Waals surface area contributed by atoms with E-state index in [0.717, 1.165) is 24.3 Å². The van der Waals surface area contributed by atoms with Crippen molar-refractivity contribution in [2.24, 2.45) is 5.73 Å². The van der Waals surface area contributed by atoms with E-state index >= 15 is 0 Å². The highest BCUT2D eigenvalue weighted by molar-refractivity contribution is 7.21. The smallest absolute Gasteiger partial charge is 0.419 e. The first kappa shape index (κ1) is 33.3. The van der Waals surface area contributed by atoms with Crippen molar-refractivity contribution in [3.63, 3.8) is 0 Å². The van der Waals surface area contributed by atoms with Crippen molar-refractivity contribution in [3.05, 3.63) is 112 Å². The van der Waals surface area contributed by atoms with Gasteiger partial charge in [-0.2, -0.15) is 26.3 Å². The number of hydrogen-bond donors (Lipinski definition) is 3. The molecule has 0 aliphatic carbocycles. The average Bonchev–Trinajstić information content (AvgIpc) is 3.38. The van der Waals surface area contributed by atoms with Gasteiger partial charge < -0.3 is 21.1 Å². The van der Waals surface area contributed by atoms with Crippen molar-refractivity contribution in [1.82, 2.24) is 0 Å². The molecule has 0 fully saturated rings. The molecule has 1 aromatic heterocycles. The summed E-state index contributed by atoms with van der Waals surface area (Å²) in [4.78, 5) is 26.7. The normalized spacial score (nSPS) is 11.9. The molecule has 4 N–H and O–H groups in total. The van der Waals surface area contributed by atoms with Gasteiger partial charge in [-0.05, 0) is 65.7 Å². The molecule has 0 unspecified atom stereocenters. The molecule has 0 atom stereocenters. The molecule has 244 valence electrons. The molecule has 47 heavy (non-hydrogen) atoms. The van der Waals surface area contributed by atoms with E-state index in [9.17, 15) is 44.7 Å². The van der Waals surface area contributed by atoms with E-state index in [1.165, 1.54) is 43.5 Å². The molecule has 1 heterocycles. The lowest BCUT2D eigenvalue weighted by molar-refractivity contribution is -0.140. The van der Waals surface area contributed by atoms with Gasteiger partial charge in [0.2, 0.25) is 0 Å². The predicted octanol–water partition coefficient (Wildman–Crippen LogP) is 8.86. The van der Waals surface area contributed by atoms with E-state index in [0.29, 0.717) is 29.0 Å². The average molecular weight is 680 g/mol. The van der Waals surface area contributed by atoms with Crippen LogP contribution in [-0.4, -0.2) is 18.9 Å². The standard InChI is InChI=1S/C32H21F8N3O3S/c1-46-25-9-3-16(20-10-15(14-41)2-7-23(20)33)11-21(25)29(44)43-27-19-6-4-17(31(35,36)37)12-26(19)47-28(27)30(45)42-18-5-8-24(34)22(13-18)32(38,39)40/h2-13H,14,41H2,1H3,(H,42,45)(H,43,44). The van der Waals surface area contributed by atoms with E-state index in [-0.39, 0.29) is 49.6 Å². The summed E-state index contributed by atoms with van der Waals surface area (Å²) in [6.45, 7) is 0.109. The second-order valence-electron chi connectivity index (χ2n) is 10.0. The van der Waals surface area contributed by atoms with Gasteiger partial charge in [0.05, 0.1) is 29.5 Å². The number of ether oxygens (including phenoxy) is 1. The van der Waals surface area contributed by atoms with Crippen molar-refractivity contribution in [3.8, 4) is 16.9 Å². The zero-order valence-corrected chi connectivity index (χ0v) is 24.7. The van der Waals surface area contributed by atoms with Crippen LogP contribution in [0.3, 0.4) is 0 Å². The Kier molecular flexibility index (Phi) is 8.97. The van der Waals surface area contributed by atoms with Crippen molar-refractivity contribution in [1.29, 1.82) is 0 Å². The Morgan fingerprint density at radius 1 is 0.809 bits per heavy atom. The molecule has 0 aliphatic heterocycles. The molecular weight excluding hydrogens is 658 g/mol. The van der Waals surface area contributed by atoms with Crippen LogP contribution in [0.25, 0.3) is 21.2 Å². The van der Waals surface area contributed by atoms with Gasteiger partial charge in [-0.1, -0.05) is 18.2 Å². The number of carbonyl (C=O) groups is 2. The fourth-order valence-corrected chi connectivity index (χ4v) is 5.81. The van der Waals surface area contributed by atoms with Crippen LogP contribution < -0.4 is 21.1 Å². The van der Waals surface area contributed by atoms with E-state index in [1.54, 1.807) is 0 Å². The van der Waals surface area contributed by atoms with E-state index in [1.807, 2.05) is 0 Å². The quantitative estimate of drug-likeness (QED) is 0.150. The van der Waals surface area contributed by atoms with Crippen molar-refractivity contribution in [2.45, 2.75) is 18.9 Å². The van der Waals surface area contributed by atoms with Gasteiger partial charge in [0, 0.05) is 27.9 Å². The summed E-state index contributed by atoms with van der Waals surface area (Å²) in [6.07, 6.45) is -9.84. The number of anilines is 2. The van der Waals surface area contributed by atoms with Crippen LogP contribution in [0.2, 0.25) is 0 Å². The van der Waals surface area contributed by atoms with Gasteiger partial charge in [-0.25, -0.2) is 8.78 Å². The van der Waals surface area contributed by atoms with E-state index < -0.39 is 52.6 Å². The van der Waals surface area contributed by atoms with Crippen molar-refractivity contribution < 1.29 is 49.4 Å². The Bertz CT molecular complexity index is 2020. The summed E-state index contributed by atoms with van der Waals surface area (Å²) >= 11 is 0.532. The molecule has 6 nitrogen and oxygen atoms in total. The van der Waals surface area contributed by atoms with Crippen molar-refractivity contribution >= 4 is 44.6 Å². The first-order valence-corrected chi connectivity index (χ1v) is 14.2. The minimum absolute atomic E-state index is 0.00778. The lowest BCUT2D eigenvalue weighted by Crippen LogP contribution is -2.18. The number of fused-ring (bicyclic) bond motifs is 1. The Balaban J connectivity index is 1.58. The Morgan fingerprint density at radius 2 is 1.53 bits per heavy atom.